The van der Waals surface area contributed by atoms with Gasteiger partial charge in [-0.2, -0.15) is 4.31 Å². The number of carbonyl (C=O) groups excluding carboxylic acids is 2. The van der Waals surface area contributed by atoms with Crippen LogP contribution in [-0.2, 0) is 37.1 Å². The summed E-state index contributed by atoms with van der Waals surface area (Å²) in [5.41, 5.74) is 1.53. The zero-order valence-corrected chi connectivity index (χ0v) is 27.5. The minimum Gasteiger partial charge on any atom is -0.453 e. The van der Waals surface area contributed by atoms with Gasteiger partial charge in [-0.25, -0.2) is 22.0 Å². The molecule has 3 heterocycles. The summed E-state index contributed by atoms with van der Waals surface area (Å²) in [6, 6.07) is 9.30. The molecule has 252 valence electrons. The van der Waals surface area contributed by atoms with Gasteiger partial charge in [0.15, 0.2) is 5.78 Å². The Bertz CT molecular complexity index is 1480. The summed E-state index contributed by atoms with van der Waals surface area (Å²) in [5, 5.41) is 6.21. The highest BCUT2D eigenvalue weighted by Gasteiger charge is 2.41. The molecule has 3 aliphatic rings. The summed E-state index contributed by atoms with van der Waals surface area (Å²) in [6.45, 7) is 4.82. The highest BCUT2D eigenvalue weighted by atomic mass is 32.2. The number of nitrogens with one attached hydrogen (secondary N) is 2. The van der Waals surface area contributed by atoms with E-state index in [2.05, 4.69) is 10.6 Å². The van der Waals surface area contributed by atoms with E-state index in [1.807, 2.05) is 13.8 Å². The summed E-state index contributed by atoms with van der Waals surface area (Å²) in [5.74, 6) is -1.72. The fraction of sp³-hybridized carbons (Fsp3) is 0.588. The van der Waals surface area contributed by atoms with Crippen LogP contribution >= 0.6 is 0 Å². The SMILES string of the molecule is COC(=O)N[C@H](C(=O)Cc1cccc(F)c1CC[C@H]1CN[C@@H]2CCCS(=O)(=O)N1C2)[C@@H](c1ccc(F)cc1)C1C[C@@H](C)O[C@@H](C)C1. The van der Waals surface area contributed by atoms with Crippen LogP contribution in [0.5, 0.6) is 0 Å². The Morgan fingerprint density at radius 1 is 1.11 bits per heavy atom. The number of amides is 1. The highest BCUT2D eigenvalue weighted by molar-refractivity contribution is 7.89. The Labute approximate surface area is 270 Å². The van der Waals surface area contributed by atoms with Crippen molar-refractivity contribution in [3.63, 3.8) is 0 Å². The summed E-state index contributed by atoms with van der Waals surface area (Å²) in [7, 11) is -2.18. The fourth-order valence-electron chi connectivity index (χ4n) is 7.63. The van der Waals surface area contributed by atoms with Gasteiger partial charge in [0.2, 0.25) is 10.0 Å². The molecule has 3 saturated heterocycles. The molecular weight excluding hydrogens is 616 g/mol. The van der Waals surface area contributed by atoms with Gasteiger partial charge in [0.25, 0.3) is 0 Å². The van der Waals surface area contributed by atoms with Crippen molar-refractivity contribution >= 4 is 21.9 Å². The summed E-state index contributed by atoms with van der Waals surface area (Å²) >= 11 is 0. The van der Waals surface area contributed by atoms with Crippen molar-refractivity contribution in [1.82, 2.24) is 14.9 Å². The largest absolute Gasteiger partial charge is 0.453 e. The molecule has 2 bridgehead atoms. The highest BCUT2D eigenvalue weighted by Crippen LogP contribution is 2.39. The molecule has 2 unspecified atom stereocenters. The molecule has 46 heavy (non-hydrogen) atoms. The summed E-state index contributed by atoms with van der Waals surface area (Å²) < 4.78 is 67.8. The Morgan fingerprint density at radius 2 is 1.83 bits per heavy atom. The maximum atomic E-state index is 15.4. The van der Waals surface area contributed by atoms with Crippen molar-refractivity contribution < 1.29 is 36.3 Å². The van der Waals surface area contributed by atoms with Gasteiger partial charge in [0.1, 0.15) is 11.6 Å². The van der Waals surface area contributed by atoms with E-state index in [4.69, 9.17) is 9.47 Å². The number of ether oxygens (including phenoxy) is 2. The van der Waals surface area contributed by atoms with Gasteiger partial charge in [0, 0.05) is 37.5 Å². The van der Waals surface area contributed by atoms with Crippen molar-refractivity contribution in [3.8, 4) is 0 Å². The smallest absolute Gasteiger partial charge is 0.407 e. The molecule has 1 amide bonds. The maximum Gasteiger partial charge on any atom is 0.407 e. The molecule has 12 heteroatoms. The first-order chi connectivity index (χ1) is 21.9. The van der Waals surface area contributed by atoms with Crippen LogP contribution in [0.25, 0.3) is 0 Å². The lowest BCUT2D eigenvalue weighted by molar-refractivity contribution is -0.122. The second kappa shape index (κ2) is 14.9. The monoisotopic (exact) mass is 661 g/mol. The maximum absolute atomic E-state index is 15.4. The zero-order chi connectivity index (χ0) is 33.0. The molecule has 8 atom stereocenters. The van der Waals surface area contributed by atoms with Crippen LogP contribution in [0.1, 0.15) is 68.6 Å². The molecule has 3 aliphatic heterocycles. The average molecular weight is 662 g/mol. The van der Waals surface area contributed by atoms with Crippen molar-refractivity contribution in [3.05, 3.63) is 70.8 Å². The predicted molar refractivity (Wildman–Crippen MR) is 170 cm³/mol. The molecule has 0 aromatic heterocycles. The molecule has 0 aliphatic carbocycles. The van der Waals surface area contributed by atoms with E-state index in [-0.39, 0.29) is 54.6 Å². The van der Waals surface area contributed by atoms with Gasteiger partial charge < -0.3 is 20.1 Å². The number of nitrogens with zero attached hydrogens (tertiary/aromatic N) is 1. The topological polar surface area (TPSA) is 114 Å². The number of Topliss-reactive ketones (excluding diaryl/α,β-unsaturated/α-hetero) is 1. The van der Waals surface area contributed by atoms with Crippen molar-refractivity contribution in [2.75, 3.05) is 26.0 Å². The van der Waals surface area contributed by atoms with Gasteiger partial charge in [-0.3, -0.25) is 4.79 Å². The number of methoxy groups -OCH3 is 1. The first-order valence-electron chi connectivity index (χ1n) is 16.2. The lowest BCUT2D eigenvalue weighted by atomic mass is 9.72. The number of piperazine rings is 1. The first-order valence-corrected chi connectivity index (χ1v) is 17.8. The number of benzene rings is 2. The first kappa shape index (κ1) is 34.4. The van der Waals surface area contributed by atoms with Crippen LogP contribution in [0, 0.1) is 17.6 Å². The number of hydrogen-bond donors (Lipinski definition) is 2. The lowest BCUT2D eigenvalue weighted by Crippen LogP contribution is -2.57. The van der Waals surface area contributed by atoms with Crippen LogP contribution in [-0.4, -0.2) is 80.9 Å². The lowest BCUT2D eigenvalue weighted by Gasteiger charge is -2.40. The van der Waals surface area contributed by atoms with E-state index in [9.17, 15) is 22.4 Å². The van der Waals surface area contributed by atoms with Crippen LogP contribution in [0.3, 0.4) is 0 Å². The average Bonchev–Trinajstić information content (AvgIpc) is 3.12. The van der Waals surface area contributed by atoms with Crippen molar-refractivity contribution in [2.24, 2.45) is 5.92 Å². The second-order valence-electron chi connectivity index (χ2n) is 13.0. The summed E-state index contributed by atoms with van der Waals surface area (Å²) in [6.07, 6.45) is 2.17. The van der Waals surface area contributed by atoms with Crippen LogP contribution in [0.15, 0.2) is 42.5 Å². The zero-order valence-electron chi connectivity index (χ0n) is 26.7. The van der Waals surface area contributed by atoms with Gasteiger partial charge in [-0.05, 0) is 93.2 Å². The van der Waals surface area contributed by atoms with Crippen LogP contribution in [0.2, 0.25) is 0 Å². The summed E-state index contributed by atoms with van der Waals surface area (Å²) in [4.78, 5) is 26.9. The number of sulfonamides is 1. The van der Waals surface area contributed by atoms with Crippen LogP contribution in [0.4, 0.5) is 13.6 Å². The fourth-order valence-corrected chi connectivity index (χ4v) is 9.44. The molecule has 0 radical (unpaired) electrons. The normalized spacial score (nSPS) is 28.8. The van der Waals surface area contributed by atoms with Crippen LogP contribution < -0.4 is 10.6 Å². The second-order valence-corrected chi connectivity index (χ2v) is 15.1. The van der Waals surface area contributed by atoms with Crippen molar-refractivity contribution in [1.29, 1.82) is 0 Å². The van der Waals surface area contributed by atoms with Gasteiger partial charge >= 0.3 is 6.09 Å². The van der Waals surface area contributed by atoms with Gasteiger partial charge in [0.05, 0.1) is 31.1 Å². The van der Waals surface area contributed by atoms with E-state index < -0.39 is 39.7 Å². The molecular formula is C34H45F2N3O6S. The minimum atomic E-state index is -3.41. The standard InChI is InChI=1S/C34H45F2N3O6S/c1-21-16-25(17-22(2)45-21)32(23-9-11-26(35)12-10-23)33(38-34(41)44-3)31(40)18-24-6-4-8-30(36)29(24)14-13-28-19-37-27-7-5-15-46(42,43)39(28)20-27/h4,6,8-12,21-22,25,27-28,32-33,37H,5,7,13-20H2,1-3H3,(H,38,41)/t21-,22+,25?,27-,28+,32+,33-/m1/s1. The number of hydrogen-bond acceptors (Lipinski definition) is 7. The number of fused-ring (bicyclic) bond motifs is 2. The number of ketones is 1. The molecule has 0 spiro atoms. The Balaban J connectivity index is 1.42. The third kappa shape index (κ3) is 8.13. The molecule has 0 saturated carbocycles. The molecule has 2 N–H and O–H groups in total. The Hall–Kier alpha value is -2.93. The third-order valence-electron chi connectivity index (χ3n) is 9.73. The quantitative estimate of drug-likeness (QED) is 0.386. The van der Waals surface area contributed by atoms with Gasteiger partial charge in [-0.15, -0.1) is 0 Å². The number of rotatable bonds is 10. The number of alkyl carbamates (subject to hydrolysis) is 1. The molecule has 9 nitrogen and oxygen atoms in total. The van der Waals surface area contributed by atoms with E-state index in [0.717, 1.165) is 6.42 Å². The van der Waals surface area contributed by atoms with E-state index in [0.29, 0.717) is 55.5 Å². The van der Waals surface area contributed by atoms with Gasteiger partial charge in [-0.1, -0.05) is 24.3 Å². The minimum absolute atomic E-state index is 0.0829. The van der Waals surface area contributed by atoms with E-state index >= 15 is 4.39 Å². The predicted octanol–water partition coefficient (Wildman–Crippen LogP) is 4.49. The van der Waals surface area contributed by atoms with E-state index in [1.54, 1.807) is 28.6 Å². The molecule has 3 fully saturated rings. The van der Waals surface area contributed by atoms with Crippen molar-refractivity contribution in [2.45, 2.75) is 95.0 Å². The molecule has 5 rings (SSSR count). The Kier molecular flexibility index (Phi) is 11.1. The molecule has 2 aromatic rings. The number of halogens is 2. The molecule has 2 aromatic carbocycles. The Morgan fingerprint density at radius 3 is 2.52 bits per heavy atom. The van der Waals surface area contributed by atoms with E-state index in [1.165, 1.54) is 25.3 Å². The number of carbonyl (C=O) groups is 2. The third-order valence-corrected chi connectivity index (χ3v) is 11.7.